The molecule has 0 atom stereocenters. The van der Waals surface area contributed by atoms with Crippen molar-refractivity contribution < 1.29 is 4.48 Å². The molecule has 0 radical (unpaired) electrons. The Balaban J connectivity index is 0. The fourth-order valence-corrected chi connectivity index (χ4v) is 2.64. The molecule has 0 saturated heterocycles. The maximum absolute atomic E-state index is 2.33. The highest BCUT2D eigenvalue weighted by atomic mass is 127. The summed E-state index contributed by atoms with van der Waals surface area (Å²) in [7, 11) is 0. The van der Waals surface area contributed by atoms with E-state index in [1.165, 1.54) is 82.0 Å². The molecular formula is C16H37IN+. The van der Waals surface area contributed by atoms with Gasteiger partial charge in [-0.15, -0.1) is 24.0 Å². The molecule has 112 valence electrons. The van der Waals surface area contributed by atoms with E-state index in [-0.39, 0.29) is 24.0 Å². The molecule has 0 amide bonds. The minimum absolute atomic E-state index is 0. The third-order valence-electron chi connectivity index (χ3n) is 3.94. The van der Waals surface area contributed by atoms with Crippen LogP contribution in [0.15, 0.2) is 0 Å². The van der Waals surface area contributed by atoms with Gasteiger partial charge in [-0.3, -0.25) is 0 Å². The van der Waals surface area contributed by atoms with E-state index in [4.69, 9.17) is 0 Å². The second-order valence-electron chi connectivity index (χ2n) is 5.65. The van der Waals surface area contributed by atoms with Crippen molar-refractivity contribution in [3.63, 3.8) is 0 Å². The van der Waals surface area contributed by atoms with Gasteiger partial charge in [0.15, 0.2) is 0 Å². The molecule has 0 saturated carbocycles. The minimum Gasteiger partial charge on any atom is -0.324 e. The lowest BCUT2D eigenvalue weighted by atomic mass is 10.1. The second-order valence-corrected chi connectivity index (χ2v) is 5.65. The fourth-order valence-electron chi connectivity index (χ4n) is 2.64. The smallest absolute Gasteiger partial charge is 0.0786 e. The SMILES string of the molecule is CCCC[N+](CCCC)(CCCC)CCCC.I. The van der Waals surface area contributed by atoms with Crippen LogP contribution in [-0.4, -0.2) is 30.7 Å². The normalized spacial score (nSPS) is 11.3. The summed E-state index contributed by atoms with van der Waals surface area (Å²) in [5.74, 6) is 0. The third-order valence-corrected chi connectivity index (χ3v) is 3.94. The van der Waals surface area contributed by atoms with Crippen LogP contribution in [-0.2, 0) is 0 Å². The van der Waals surface area contributed by atoms with Crippen LogP contribution in [0, 0.1) is 0 Å². The van der Waals surface area contributed by atoms with Crippen LogP contribution in [0.25, 0.3) is 0 Å². The van der Waals surface area contributed by atoms with Gasteiger partial charge in [-0.25, -0.2) is 0 Å². The van der Waals surface area contributed by atoms with Crippen LogP contribution in [0.1, 0.15) is 79.1 Å². The summed E-state index contributed by atoms with van der Waals surface area (Å²) in [4.78, 5) is 0. The van der Waals surface area contributed by atoms with Crippen LogP contribution in [0.4, 0.5) is 0 Å². The van der Waals surface area contributed by atoms with E-state index in [0.29, 0.717) is 0 Å². The number of hydrogen-bond donors (Lipinski definition) is 0. The minimum atomic E-state index is 0. The Morgan fingerprint density at radius 2 is 0.722 bits per heavy atom. The summed E-state index contributed by atoms with van der Waals surface area (Å²) in [5, 5.41) is 0. The van der Waals surface area contributed by atoms with Gasteiger partial charge in [0.05, 0.1) is 26.2 Å². The zero-order chi connectivity index (χ0) is 13.0. The lowest BCUT2D eigenvalue weighted by Crippen LogP contribution is -2.50. The predicted molar refractivity (Wildman–Crippen MR) is 94.8 cm³/mol. The topological polar surface area (TPSA) is 0 Å². The summed E-state index contributed by atoms with van der Waals surface area (Å²) < 4.78 is 1.42. The van der Waals surface area contributed by atoms with E-state index in [1.54, 1.807) is 0 Å². The van der Waals surface area contributed by atoms with Gasteiger partial charge in [-0.1, -0.05) is 53.4 Å². The van der Waals surface area contributed by atoms with E-state index < -0.39 is 0 Å². The van der Waals surface area contributed by atoms with Gasteiger partial charge in [0.1, 0.15) is 0 Å². The van der Waals surface area contributed by atoms with Crippen molar-refractivity contribution in [1.82, 2.24) is 0 Å². The van der Waals surface area contributed by atoms with Crippen molar-refractivity contribution in [3.8, 4) is 0 Å². The Morgan fingerprint density at radius 3 is 0.889 bits per heavy atom. The molecule has 0 aromatic heterocycles. The lowest BCUT2D eigenvalue weighted by Gasteiger charge is -2.39. The van der Waals surface area contributed by atoms with Crippen LogP contribution in [0.5, 0.6) is 0 Å². The van der Waals surface area contributed by atoms with Crippen molar-refractivity contribution in [2.24, 2.45) is 0 Å². The van der Waals surface area contributed by atoms with Crippen LogP contribution < -0.4 is 0 Å². The maximum Gasteiger partial charge on any atom is 0.0786 e. The van der Waals surface area contributed by atoms with Gasteiger partial charge in [-0.2, -0.15) is 0 Å². The molecule has 0 aliphatic carbocycles. The number of rotatable bonds is 12. The lowest BCUT2D eigenvalue weighted by molar-refractivity contribution is -0.929. The first-order valence-corrected chi connectivity index (χ1v) is 8.09. The molecule has 0 heterocycles. The fraction of sp³-hybridized carbons (Fsp3) is 1.00. The molecule has 0 aromatic rings. The van der Waals surface area contributed by atoms with E-state index in [0.717, 1.165) is 0 Å². The molecule has 0 bridgehead atoms. The Hall–Kier alpha value is 0.690. The number of unbranched alkanes of at least 4 members (excludes halogenated alkanes) is 4. The molecule has 0 rings (SSSR count). The van der Waals surface area contributed by atoms with E-state index in [9.17, 15) is 0 Å². The Morgan fingerprint density at radius 1 is 0.500 bits per heavy atom. The Kier molecular flexibility index (Phi) is 16.5. The van der Waals surface area contributed by atoms with Gasteiger partial charge < -0.3 is 4.48 Å². The van der Waals surface area contributed by atoms with Crippen molar-refractivity contribution >= 4 is 24.0 Å². The van der Waals surface area contributed by atoms with E-state index >= 15 is 0 Å². The molecule has 2 heteroatoms. The van der Waals surface area contributed by atoms with Crippen LogP contribution in [0.2, 0.25) is 0 Å². The Labute approximate surface area is 133 Å². The zero-order valence-corrected chi connectivity index (χ0v) is 15.7. The summed E-state index contributed by atoms with van der Waals surface area (Å²) >= 11 is 0. The predicted octanol–water partition coefficient (Wildman–Crippen LogP) is 5.62. The average molecular weight is 370 g/mol. The van der Waals surface area contributed by atoms with Crippen LogP contribution >= 0.6 is 24.0 Å². The number of halogens is 1. The first-order chi connectivity index (χ1) is 8.24. The molecule has 0 N–H and O–H groups in total. The first kappa shape index (κ1) is 21.0. The largest absolute Gasteiger partial charge is 0.324 e. The molecule has 1 nitrogen and oxygen atoms in total. The molecule has 18 heavy (non-hydrogen) atoms. The molecule has 0 fully saturated rings. The number of hydrogen-bond acceptors (Lipinski definition) is 0. The summed E-state index contributed by atoms with van der Waals surface area (Å²) in [6, 6.07) is 0. The monoisotopic (exact) mass is 370 g/mol. The molecule has 0 aromatic carbocycles. The number of nitrogens with zero attached hydrogens (tertiary/aromatic N) is 1. The standard InChI is InChI=1S/C16H36N.HI/c1-5-9-13-17(14-10-6-2,15-11-7-3)16-12-8-4;/h5-16H2,1-4H3;1H/q+1;. The Bertz CT molecular complexity index is 122. The zero-order valence-electron chi connectivity index (χ0n) is 13.3. The van der Waals surface area contributed by atoms with Crippen molar-refractivity contribution in [1.29, 1.82) is 0 Å². The maximum atomic E-state index is 2.33. The average Bonchev–Trinajstić information content (AvgIpc) is 2.37. The van der Waals surface area contributed by atoms with Gasteiger partial charge in [0, 0.05) is 0 Å². The molecular weight excluding hydrogens is 333 g/mol. The molecule has 0 aliphatic heterocycles. The highest BCUT2D eigenvalue weighted by Gasteiger charge is 2.24. The van der Waals surface area contributed by atoms with Gasteiger partial charge in [0.25, 0.3) is 0 Å². The van der Waals surface area contributed by atoms with Crippen LogP contribution in [0.3, 0.4) is 0 Å². The third kappa shape index (κ3) is 9.60. The van der Waals surface area contributed by atoms with Gasteiger partial charge in [-0.05, 0) is 25.7 Å². The highest BCUT2D eigenvalue weighted by molar-refractivity contribution is 14.0. The van der Waals surface area contributed by atoms with Crippen molar-refractivity contribution in [3.05, 3.63) is 0 Å². The molecule has 0 unspecified atom stereocenters. The highest BCUT2D eigenvalue weighted by Crippen LogP contribution is 2.16. The van der Waals surface area contributed by atoms with Crippen molar-refractivity contribution in [2.75, 3.05) is 26.2 Å². The summed E-state index contributed by atoms with van der Waals surface area (Å²) in [5.41, 5.74) is 0. The van der Waals surface area contributed by atoms with E-state index in [2.05, 4.69) is 27.7 Å². The molecule has 0 spiro atoms. The van der Waals surface area contributed by atoms with Gasteiger partial charge >= 0.3 is 0 Å². The van der Waals surface area contributed by atoms with E-state index in [1.807, 2.05) is 0 Å². The van der Waals surface area contributed by atoms with Crippen molar-refractivity contribution in [2.45, 2.75) is 79.1 Å². The second kappa shape index (κ2) is 14.1. The summed E-state index contributed by atoms with van der Waals surface area (Å²) in [6.45, 7) is 15.0. The number of quaternary nitrogens is 1. The van der Waals surface area contributed by atoms with Gasteiger partial charge in [0.2, 0.25) is 0 Å². The molecule has 0 aliphatic rings. The first-order valence-electron chi connectivity index (χ1n) is 8.09. The summed E-state index contributed by atoms with van der Waals surface area (Å²) in [6.07, 6.45) is 11.1. The quantitative estimate of drug-likeness (QED) is 0.309.